The van der Waals surface area contributed by atoms with Gasteiger partial charge in [0.05, 0.1) is 18.3 Å². The molecule has 0 aliphatic carbocycles. The summed E-state index contributed by atoms with van der Waals surface area (Å²) in [6.45, 7) is 7.36. The van der Waals surface area contributed by atoms with Crippen LogP contribution in [-0.4, -0.2) is 50.9 Å². The van der Waals surface area contributed by atoms with Crippen LogP contribution in [0.25, 0.3) is 0 Å². The molecule has 1 aliphatic heterocycles. The molecule has 2 N–H and O–H groups in total. The summed E-state index contributed by atoms with van der Waals surface area (Å²) in [6.07, 6.45) is 3.16. The van der Waals surface area contributed by atoms with Crippen molar-refractivity contribution in [3.8, 4) is 0 Å². The molecule has 1 fully saturated rings. The number of β-amino-alcohol motifs (C(OH)–C–C–N with tert-alkyl or cyclic N) is 1. The third kappa shape index (κ3) is 4.31. The number of hydrogen-bond acceptors (Lipinski definition) is 4. The van der Waals surface area contributed by atoms with Gasteiger partial charge in [0.2, 0.25) is 0 Å². The van der Waals surface area contributed by atoms with Gasteiger partial charge < -0.3 is 10.4 Å². The van der Waals surface area contributed by atoms with Gasteiger partial charge in [0, 0.05) is 43.0 Å². The molecule has 0 unspecified atom stereocenters. The lowest BCUT2D eigenvalue weighted by atomic mass is 10.0. The third-order valence-corrected chi connectivity index (χ3v) is 5.05. The minimum atomic E-state index is -0.567. The van der Waals surface area contributed by atoms with Crippen molar-refractivity contribution in [3.05, 3.63) is 53.3 Å². The molecule has 0 bridgehead atoms. The quantitative estimate of drug-likeness (QED) is 0.830. The largest absolute Gasteiger partial charge is 0.390 e. The molecule has 1 aromatic heterocycles. The lowest BCUT2D eigenvalue weighted by Gasteiger charge is -2.36. The van der Waals surface area contributed by atoms with E-state index < -0.39 is 6.10 Å². The summed E-state index contributed by atoms with van der Waals surface area (Å²) >= 11 is 0. The van der Waals surface area contributed by atoms with Gasteiger partial charge in [0.25, 0.3) is 5.91 Å². The first kappa shape index (κ1) is 18.6. The van der Waals surface area contributed by atoms with Gasteiger partial charge in [-0.2, -0.15) is 5.10 Å². The van der Waals surface area contributed by atoms with Gasteiger partial charge in [0.1, 0.15) is 0 Å². The van der Waals surface area contributed by atoms with Gasteiger partial charge in [-0.1, -0.05) is 25.1 Å². The molecule has 1 amide bonds. The van der Waals surface area contributed by atoms with E-state index in [1.807, 2.05) is 29.1 Å². The van der Waals surface area contributed by atoms with Crippen molar-refractivity contribution in [2.24, 2.45) is 0 Å². The second-order valence-electron chi connectivity index (χ2n) is 7.02. The molecule has 1 saturated heterocycles. The van der Waals surface area contributed by atoms with Crippen molar-refractivity contribution in [3.63, 3.8) is 0 Å². The molecule has 6 heteroatoms. The lowest BCUT2D eigenvalue weighted by Crippen LogP contribution is -2.53. The van der Waals surface area contributed by atoms with E-state index >= 15 is 0 Å². The molecule has 2 heterocycles. The fourth-order valence-electron chi connectivity index (χ4n) is 3.47. The Bertz CT molecular complexity index is 729. The summed E-state index contributed by atoms with van der Waals surface area (Å²) in [6, 6.07) is 8.93. The molecule has 0 saturated carbocycles. The van der Waals surface area contributed by atoms with Crippen LogP contribution in [-0.2, 0) is 13.1 Å². The Labute approximate surface area is 154 Å². The molecule has 2 atom stereocenters. The smallest absolute Gasteiger partial charge is 0.251 e. The number of amides is 1. The Morgan fingerprint density at radius 1 is 1.35 bits per heavy atom. The van der Waals surface area contributed by atoms with E-state index in [-0.39, 0.29) is 11.9 Å². The molecular formula is C20H28N4O2. The van der Waals surface area contributed by atoms with Crippen LogP contribution in [0.15, 0.2) is 36.5 Å². The van der Waals surface area contributed by atoms with Crippen molar-refractivity contribution < 1.29 is 9.90 Å². The second-order valence-corrected chi connectivity index (χ2v) is 7.02. The topological polar surface area (TPSA) is 70.4 Å². The fraction of sp³-hybridized carbons (Fsp3) is 0.500. The fourth-order valence-corrected chi connectivity index (χ4v) is 3.47. The van der Waals surface area contributed by atoms with Crippen LogP contribution in [0.2, 0.25) is 0 Å². The summed E-state index contributed by atoms with van der Waals surface area (Å²) < 4.78 is 2.04. The Hall–Kier alpha value is -2.18. The molecule has 6 nitrogen and oxygen atoms in total. The van der Waals surface area contributed by atoms with Crippen molar-refractivity contribution in [1.82, 2.24) is 20.0 Å². The highest BCUT2D eigenvalue weighted by atomic mass is 16.3. The Kier molecular flexibility index (Phi) is 6.06. The molecular weight excluding hydrogens is 328 g/mol. The van der Waals surface area contributed by atoms with Crippen LogP contribution in [0.5, 0.6) is 0 Å². The predicted molar refractivity (Wildman–Crippen MR) is 101 cm³/mol. The first-order valence-corrected chi connectivity index (χ1v) is 9.36. The number of benzene rings is 1. The van der Waals surface area contributed by atoms with E-state index in [1.165, 1.54) is 11.3 Å². The lowest BCUT2D eigenvalue weighted by molar-refractivity contribution is 0.0349. The number of nitrogens with zero attached hydrogens (tertiary/aromatic N) is 3. The number of aliphatic hydroxyl groups is 1. The van der Waals surface area contributed by atoms with Gasteiger partial charge in [-0.15, -0.1) is 0 Å². The maximum absolute atomic E-state index is 12.3. The molecule has 140 valence electrons. The number of aromatic nitrogens is 2. The number of carbonyl (C=O) groups excluding carboxylic acids is 1. The van der Waals surface area contributed by atoms with Crippen LogP contribution >= 0.6 is 0 Å². The average Bonchev–Trinajstić information content (AvgIpc) is 2.98. The van der Waals surface area contributed by atoms with Gasteiger partial charge in [-0.3, -0.25) is 14.4 Å². The number of carbonyl (C=O) groups is 1. The van der Waals surface area contributed by atoms with E-state index in [2.05, 4.69) is 29.2 Å². The van der Waals surface area contributed by atoms with Crippen LogP contribution in [0.3, 0.4) is 0 Å². The van der Waals surface area contributed by atoms with E-state index in [0.717, 1.165) is 32.5 Å². The predicted octanol–water partition coefficient (Wildman–Crippen LogP) is 1.97. The summed E-state index contributed by atoms with van der Waals surface area (Å²) in [7, 11) is 0. The minimum Gasteiger partial charge on any atom is -0.390 e. The second kappa shape index (κ2) is 8.47. The maximum atomic E-state index is 12.3. The Balaban J connectivity index is 1.54. The highest BCUT2D eigenvalue weighted by Crippen LogP contribution is 2.17. The maximum Gasteiger partial charge on any atom is 0.251 e. The van der Waals surface area contributed by atoms with E-state index in [4.69, 9.17) is 0 Å². The molecule has 1 aliphatic rings. The number of aliphatic hydroxyl groups excluding tert-OH is 1. The van der Waals surface area contributed by atoms with Gasteiger partial charge in [0.15, 0.2) is 0 Å². The molecule has 2 aromatic rings. The average molecular weight is 356 g/mol. The highest BCUT2D eigenvalue weighted by Gasteiger charge is 2.29. The highest BCUT2D eigenvalue weighted by molar-refractivity contribution is 5.94. The van der Waals surface area contributed by atoms with Crippen molar-refractivity contribution in [1.29, 1.82) is 0 Å². The van der Waals surface area contributed by atoms with E-state index in [0.29, 0.717) is 12.1 Å². The first-order chi connectivity index (χ1) is 12.6. The van der Waals surface area contributed by atoms with Crippen LogP contribution in [0.4, 0.5) is 0 Å². The molecule has 26 heavy (non-hydrogen) atoms. The van der Waals surface area contributed by atoms with Gasteiger partial charge >= 0.3 is 0 Å². The summed E-state index contributed by atoms with van der Waals surface area (Å²) in [5.41, 5.74) is 3.03. The van der Waals surface area contributed by atoms with Gasteiger partial charge in [-0.05, 0) is 31.9 Å². The van der Waals surface area contributed by atoms with E-state index in [9.17, 15) is 9.90 Å². The van der Waals surface area contributed by atoms with Crippen molar-refractivity contribution in [2.75, 3.05) is 13.1 Å². The minimum absolute atomic E-state index is 0.125. The number of aryl methyl sites for hydroxylation is 1. The number of piperidine rings is 1. The number of nitrogens with one attached hydrogen (secondary N) is 1. The van der Waals surface area contributed by atoms with Gasteiger partial charge in [-0.25, -0.2) is 0 Å². The van der Waals surface area contributed by atoms with Crippen LogP contribution < -0.4 is 5.32 Å². The Morgan fingerprint density at radius 3 is 2.81 bits per heavy atom. The summed E-state index contributed by atoms with van der Waals surface area (Å²) in [5, 5.41) is 17.9. The molecule has 1 aromatic carbocycles. The number of hydrogen-bond donors (Lipinski definition) is 2. The third-order valence-electron chi connectivity index (χ3n) is 5.05. The zero-order valence-corrected chi connectivity index (χ0v) is 15.6. The number of likely N-dealkylation sites (tertiary alicyclic amines) is 1. The molecule has 0 radical (unpaired) electrons. The summed E-state index contributed by atoms with van der Waals surface area (Å²) in [5.74, 6) is -0.125. The molecule has 0 spiro atoms. The van der Waals surface area contributed by atoms with Crippen molar-refractivity contribution >= 4 is 5.91 Å². The monoisotopic (exact) mass is 356 g/mol. The SMILES string of the molecule is CCCn1ncc(CN2CC[C@@H](NC(=O)c3ccccc3)[C@H](O)C2)c1C. The van der Waals surface area contributed by atoms with Crippen molar-refractivity contribution in [2.45, 2.75) is 51.9 Å². The van der Waals surface area contributed by atoms with E-state index in [1.54, 1.807) is 12.1 Å². The van der Waals surface area contributed by atoms with Crippen LogP contribution in [0.1, 0.15) is 41.4 Å². The number of rotatable bonds is 6. The summed E-state index contributed by atoms with van der Waals surface area (Å²) in [4.78, 5) is 14.5. The zero-order valence-electron chi connectivity index (χ0n) is 15.6. The molecule has 3 rings (SSSR count). The first-order valence-electron chi connectivity index (χ1n) is 9.36. The normalized spacial score (nSPS) is 20.9. The van der Waals surface area contributed by atoms with Crippen LogP contribution in [0, 0.1) is 6.92 Å². The Morgan fingerprint density at radius 2 is 2.12 bits per heavy atom. The standard InChI is InChI=1S/C20H28N4O2/c1-3-10-24-15(2)17(12-21-24)13-23-11-9-18(19(25)14-23)22-20(26)16-7-5-4-6-8-16/h4-8,12,18-19,25H,3,9-11,13-14H2,1-2H3,(H,22,26)/t18-,19-/m1/s1. The zero-order chi connectivity index (χ0) is 18.5.